The maximum absolute atomic E-state index is 14.0. The van der Waals surface area contributed by atoms with Gasteiger partial charge in [0.15, 0.2) is 7.14 Å². The highest BCUT2D eigenvalue weighted by molar-refractivity contribution is 7.85. The average Bonchev–Trinajstić information content (AvgIpc) is 2.62. The first-order valence-corrected chi connectivity index (χ1v) is 8.93. The van der Waals surface area contributed by atoms with Gasteiger partial charge in [0.05, 0.1) is 0 Å². The van der Waals surface area contributed by atoms with Gasteiger partial charge in [0.2, 0.25) is 0 Å². The van der Waals surface area contributed by atoms with Crippen molar-refractivity contribution in [3.8, 4) is 0 Å². The van der Waals surface area contributed by atoms with E-state index in [1.165, 1.54) is 6.07 Å². The molecule has 23 heavy (non-hydrogen) atoms. The lowest BCUT2D eigenvalue weighted by atomic mass is 10.2. The second-order valence-electron chi connectivity index (χ2n) is 5.14. The van der Waals surface area contributed by atoms with E-state index >= 15 is 0 Å². The molecule has 0 heterocycles. The summed E-state index contributed by atoms with van der Waals surface area (Å²) in [5, 5.41) is 1.31. The summed E-state index contributed by atoms with van der Waals surface area (Å²) in [5.74, 6) is 0. The van der Waals surface area contributed by atoms with Crippen LogP contribution in [0.2, 0.25) is 0 Å². The number of hydrogen-bond donors (Lipinski definition) is 0. The van der Waals surface area contributed by atoms with Gasteiger partial charge in [-0.3, -0.25) is 0 Å². The van der Waals surface area contributed by atoms with Gasteiger partial charge in [0, 0.05) is 21.5 Å². The first-order valence-electron chi connectivity index (χ1n) is 7.23. The maximum Gasteiger partial charge on any atom is 0.264 e. The Morgan fingerprint density at radius 1 is 0.652 bits per heavy atom. The quantitative estimate of drug-likeness (QED) is 0.654. The second-order valence-corrected chi connectivity index (χ2v) is 7.87. The molecule has 0 spiro atoms. The first kappa shape index (κ1) is 15.6. The standard InChI is InChI=1S/C19H15F2OP/c20-19(21)17-13-7-8-14-18(17)23(22,15-9-3-1-4-10-15)16-11-5-2-6-12-16/h1-14,19H. The van der Waals surface area contributed by atoms with Gasteiger partial charge >= 0.3 is 0 Å². The zero-order valence-electron chi connectivity index (χ0n) is 12.3. The normalized spacial score (nSPS) is 11.6. The van der Waals surface area contributed by atoms with Crippen LogP contribution in [-0.2, 0) is 4.57 Å². The summed E-state index contributed by atoms with van der Waals surface area (Å²) in [5.41, 5.74) is -0.177. The van der Waals surface area contributed by atoms with Crippen LogP contribution in [0, 0.1) is 0 Å². The Morgan fingerprint density at radius 3 is 1.57 bits per heavy atom. The van der Waals surface area contributed by atoms with Gasteiger partial charge in [-0.1, -0.05) is 84.9 Å². The Balaban J connectivity index is 2.33. The molecule has 0 fully saturated rings. The monoisotopic (exact) mass is 328 g/mol. The lowest BCUT2D eigenvalue weighted by molar-refractivity contribution is 0.152. The van der Waals surface area contributed by atoms with E-state index < -0.39 is 13.6 Å². The fourth-order valence-electron chi connectivity index (χ4n) is 2.66. The minimum absolute atomic E-state index is 0.177. The molecule has 1 nitrogen and oxygen atoms in total. The first-order chi connectivity index (χ1) is 11.1. The van der Waals surface area contributed by atoms with Gasteiger partial charge in [-0.05, 0) is 0 Å². The molecule has 0 N–H and O–H groups in total. The molecule has 0 aliphatic heterocycles. The van der Waals surface area contributed by atoms with Crippen molar-refractivity contribution in [2.75, 3.05) is 0 Å². The van der Waals surface area contributed by atoms with Gasteiger partial charge < -0.3 is 4.57 Å². The summed E-state index contributed by atoms with van der Waals surface area (Å²) in [6.07, 6.45) is -2.67. The fourth-order valence-corrected chi connectivity index (χ4v) is 5.53. The van der Waals surface area contributed by atoms with Crippen molar-refractivity contribution in [3.05, 3.63) is 90.5 Å². The Kier molecular flexibility index (Phi) is 4.40. The molecule has 0 unspecified atom stereocenters. The summed E-state index contributed by atoms with van der Waals surface area (Å²) in [4.78, 5) is 0. The molecule has 0 saturated carbocycles. The lowest BCUT2D eigenvalue weighted by Gasteiger charge is -2.22. The zero-order valence-corrected chi connectivity index (χ0v) is 13.2. The highest BCUT2D eigenvalue weighted by atomic mass is 31.2. The van der Waals surface area contributed by atoms with Crippen LogP contribution in [0.3, 0.4) is 0 Å². The van der Waals surface area contributed by atoms with Crippen LogP contribution in [0.25, 0.3) is 0 Å². The van der Waals surface area contributed by atoms with Crippen molar-refractivity contribution in [2.24, 2.45) is 0 Å². The molecule has 116 valence electrons. The molecule has 0 saturated heterocycles. The molecule has 3 aromatic carbocycles. The third kappa shape index (κ3) is 2.85. The minimum atomic E-state index is -3.35. The Morgan fingerprint density at radius 2 is 1.09 bits per heavy atom. The molecule has 3 rings (SSSR count). The van der Waals surface area contributed by atoms with E-state index in [4.69, 9.17) is 0 Å². The third-order valence-electron chi connectivity index (χ3n) is 3.75. The zero-order chi connectivity index (χ0) is 16.3. The Labute approximate surface area is 134 Å². The molecule has 3 aromatic rings. The molecule has 4 heteroatoms. The Hall–Kier alpha value is -2.25. The predicted molar refractivity (Wildman–Crippen MR) is 90.8 cm³/mol. The third-order valence-corrected chi connectivity index (χ3v) is 6.89. The van der Waals surface area contributed by atoms with Crippen LogP contribution < -0.4 is 15.9 Å². The van der Waals surface area contributed by atoms with E-state index in [-0.39, 0.29) is 10.9 Å². The van der Waals surface area contributed by atoms with Crippen LogP contribution in [-0.4, -0.2) is 0 Å². The fraction of sp³-hybridized carbons (Fsp3) is 0.0526. The van der Waals surface area contributed by atoms with Crippen molar-refractivity contribution in [3.63, 3.8) is 0 Å². The van der Waals surface area contributed by atoms with Crippen molar-refractivity contribution in [1.29, 1.82) is 0 Å². The van der Waals surface area contributed by atoms with E-state index in [0.29, 0.717) is 10.6 Å². The van der Waals surface area contributed by atoms with E-state index in [0.717, 1.165) is 0 Å². The van der Waals surface area contributed by atoms with Gasteiger partial charge in [-0.2, -0.15) is 0 Å². The Bertz CT molecular complexity index is 789. The number of halogens is 2. The molecule has 0 amide bonds. The highest BCUT2D eigenvalue weighted by Crippen LogP contribution is 2.44. The van der Waals surface area contributed by atoms with Crippen LogP contribution in [0.4, 0.5) is 8.78 Å². The number of alkyl halides is 2. The van der Waals surface area contributed by atoms with Crippen LogP contribution >= 0.6 is 7.14 Å². The predicted octanol–water partition coefficient (Wildman–Crippen LogP) is 4.26. The smallest absolute Gasteiger partial charge is 0.264 e. The molecule has 0 aliphatic carbocycles. The number of benzene rings is 3. The van der Waals surface area contributed by atoms with Crippen LogP contribution in [0.1, 0.15) is 12.0 Å². The summed E-state index contributed by atoms with van der Waals surface area (Å²) in [6.45, 7) is 0. The van der Waals surface area contributed by atoms with Gasteiger partial charge in [-0.15, -0.1) is 0 Å². The van der Waals surface area contributed by atoms with Crippen LogP contribution in [0.5, 0.6) is 0 Å². The minimum Gasteiger partial charge on any atom is -0.309 e. The van der Waals surface area contributed by atoms with Gasteiger partial charge in [0.25, 0.3) is 6.43 Å². The summed E-state index contributed by atoms with van der Waals surface area (Å²) in [6, 6.07) is 23.7. The van der Waals surface area contributed by atoms with Gasteiger partial charge in [0.1, 0.15) is 0 Å². The van der Waals surface area contributed by atoms with E-state index in [2.05, 4.69) is 0 Å². The van der Waals surface area contributed by atoms with Crippen LogP contribution in [0.15, 0.2) is 84.9 Å². The largest absolute Gasteiger partial charge is 0.309 e. The topological polar surface area (TPSA) is 17.1 Å². The van der Waals surface area contributed by atoms with Crippen molar-refractivity contribution >= 4 is 23.1 Å². The van der Waals surface area contributed by atoms with Crippen molar-refractivity contribution in [2.45, 2.75) is 6.43 Å². The molecule has 0 aliphatic rings. The molecular weight excluding hydrogens is 313 g/mol. The molecule has 0 radical (unpaired) electrons. The van der Waals surface area contributed by atoms with E-state index in [1.54, 1.807) is 66.7 Å². The molecular formula is C19H15F2OP. The molecule has 0 bridgehead atoms. The highest BCUT2D eigenvalue weighted by Gasteiger charge is 2.33. The second kappa shape index (κ2) is 6.47. The summed E-state index contributed by atoms with van der Waals surface area (Å²) >= 11 is 0. The van der Waals surface area contributed by atoms with E-state index in [9.17, 15) is 13.3 Å². The molecule has 0 atom stereocenters. The molecule has 0 aromatic heterocycles. The van der Waals surface area contributed by atoms with E-state index in [1.807, 2.05) is 12.1 Å². The number of rotatable bonds is 4. The number of hydrogen-bond acceptors (Lipinski definition) is 1. The summed E-state index contributed by atoms with van der Waals surface area (Å²) < 4.78 is 40.9. The lowest BCUT2D eigenvalue weighted by Crippen LogP contribution is -2.27. The van der Waals surface area contributed by atoms with Crippen molar-refractivity contribution < 1.29 is 13.3 Å². The average molecular weight is 328 g/mol. The maximum atomic E-state index is 14.0. The van der Waals surface area contributed by atoms with Gasteiger partial charge in [-0.25, -0.2) is 8.78 Å². The SMILES string of the molecule is O=P(c1ccccc1)(c1ccccc1)c1ccccc1C(F)F. The van der Waals surface area contributed by atoms with Crippen molar-refractivity contribution in [1.82, 2.24) is 0 Å². The summed E-state index contributed by atoms with van der Waals surface area (Å²) in [7, 11) is -3.35.